The number of benzene rings is 1. The van der Waals surface area contributed by atoms with Crippen molar-refractivity contribution in [3.05, 3.63) is 42.0 Å². The number of hydrogen-bond acceptors (Lipinski definition) is 4. The molecule has 1 aliphatic rings. The van der Waals surface area contributed by atoms with E-state index in [9.17, 15) is 14.0 Å². The van der Waals surface area contributed by atoms with Crippen LogP contribution in [0.1, 0.15) is 12.0 Å². The lowest BCUT2D eigenvalue weighted by Crippen LogP contribution is -2.28. The van der Waals surface area contributed by atoms with E-state index >= 15 is 0 Å². The first-order valence-electron chi connectivity index (χ1n) is 6.80. The highest BCUT2D eigenvalue weighted by Crippen LogP contribution is 2.21. The smallest absolute Gasteiger partial charge is 0.232 e. The fourth-order valence-corrected chi connectivity index (χ4v) is 2.40. The number of carbonyl (C=O) groups excluding carboxylic acids is 2. The summed E-state index contributed by atoms with van der Waals surface area (Å²) < 4.78 is 12.9. The molecule has 7 nitrogen and oxygen atoms in total. The van der Waals surface area contributed by atoms with Crippen LogP contribution in [0.5, 0.6) is 0 Å². The second-order valence-electron chi connectivity index (χ2n) is 5.13. The van der Waals surface area contributed by atoms with Crippen molar-refractivity contribution in [2.24, 2.45) is 5.92 Å². The van der Waals surface area contributed by atoms with E-state index in [1.807, 2.05) is 0 Å². The second-order valence-corrected chi connectivity index (χ2v) is 5.13. The number of likely N-dealkylation sites (tertiary alicyclic amines) is 1. The van der Waals surface area contributed by atoms with Crippen LogP contribution in [0.25, 0.3) is 0 Å². The van der Waals surface area contributed by atoms with Crippen LogP contribution < -0.4 is 5.32 Å². The molecule has 1 atom stereocenters. The first kappa shape index (κ1) is 14.2. The second kappa shape index (κ2) is 5.92. The molecule has 1 aromatic heterocycles. The van der Waals surface area contributed by atoms with E-state index in [0.29, 0.717) is 13.1 Å². The van der Waals surface area contributed by atoms with E-state index in [1.165, 1.54) is 18.5 Å². The van der Waals surface area contributed by atoms with Gasteiger partial charge in [-0.2, -0.15) is 10.1 Å². The van der Waals surface area contributed by atoms with Crippen molar-refractivity contribution >= 4 is 17.8 Å². The molecule has 0 aliphatic carbocycles. The van der Waals surface area contributed by atoms with Gasteiger partial charge in [-0.25, -0.2) is 9.49 Å². The zero-order valence-corrected chi connectivity index (χ0v) is 11.6. The Kier molecular flexibility index (Phi) is 3.82. The highest BCUT2D eigenvalue weighted by Gasteiger charge is 2.34. The Labute approximate surface area is 125 Å². The minimum atomic E-state index is -0.432. The summed E-state index contributed by atoms with van der Waals surface area (Å²) in [5.41, 5.74) is 0.825. The Balaban J connectivity index is 1.60. The molecule has 0 saturated carbocycles. The van der Waals surface area contributed by atoms with Crippen LogP contribution in [0.4, 0.5) is 10.3 Å². The van der Waals surface area contributed by atoms with E-state index in [4.69, 9.17) is 0 Å². The predicted octanol–water partition coefficient (Wildman–Crippen LogP) is 0.931. The van der Waals surface area contributed by atoms with Gasteiger partial charge in [0.15, 0.2) is 0 Å². The van der Waals surface area contributed by atoms with E-state index < -0.39 is 5.92 Å². The molecular weight excluding hydrogens is 289 g/mol. The molecule has 0 radical (unpaired) electrons. The fourth-order valence-electron chi connectivity index (χ4n) is 2.40. The molecular formula is C14H14FN5O2. The molecule has 114 valence electrons. The van der Waals surface area contributed by atoms with Crippen LogP contribution >= 0.6 is 0 Å². The number of carbonyl (C=O) groups is 2. The summed E-state index contributed by atoms with van der Waals surface area (Å²) in [6.45, 7) is 0.696. The maximum atomic E-state index is 12.9. The molecule has 2 heterocycles. The van der Waals surface area contributed by atoms with Crippen LogP contribution in [-0.2, 0) is 16.1 Å². The number of nitrogens with zero attached hydrogens (tertiary/aromatic N) is 3. The highest BCUT2D eigenvalue weighted by atomic mass is 19.1. The molecule has 1 aromatic carbocycles. The third-order valence-corrected chi connectivity index (χ3v) is 3.53. The Morgan fingerprint density at radius 1 is 1.41 bits per heavy atom. The van der Waals surface area contributed by atoms with E-state index in [2.05, 4.69) is 20.5 Å². The maximum absolute atomic E-state index is 12.9. The van der Waals surface area contributed by atoms with Crippen LogP contribution in [0.2, 0.25) is 0 Å². The number of anilines is 1. The first-order chi connectivity index (χ1) is 10.6. The number of amides is 2. The topological polar surface area (TPSA) is 91.0 Å². The number of nitrogens with one attached hydrogen (secondary N) is 2. The minimum absolute atomic E-state index is 0.0953. The largest absolute Gasteiger partial charge is 0.338 e. The maximum Gasteiger partial charge on any atom is 0.232 e. The number of aromatic amines is 1. The lowest BCUT2D eigenvalue weighted by molar-refractivity contribution is -0.128. The number of rotatable bonds is 4. The SMILES string of the molecule is O=C(Nc1ncn[nH]1)[C@@H]1CC(=O)N(Cc2ccc(F)cc2)C1. The summed E-state index contributed by atoms with van der Waals surface area (Å²) in [6, 6.07) is 5.96. The predicted molar refractivity (Wildman–Crippen MR) is 74.9 cm³/mol. The normalized spacial score (nSPS) is 17.8. The van der Waals surface area contributed by atoms with Crippen molar-refractivity contribution in [3.8, 4) is 0 Å². The van der Waals surface area contributed by atoms with Crippen molar-refractivity contribution in [3.63, 3.8) is 0 Å². The lowest BCUT2D eigenvalue weighted by atomic mass is 10.1. The van der Waals surface area contributed by atoms with Gasteiger partial charge in [0.25, 0.3) is 0 Å². The zero-order valence-electron chi connectivity index (χ0n) is 11.6. The Morgan fingerprint density at radius 3 is 2.86 bits per heavy atom. The Bertz CT molecular complexity index is 671. The molecule has 8 heteroatoms. The summed E-state index contributed by atoms with van der Waals surface area (Å²) in [6.07, 6.45) is 1.44. The van der Waals surface area contributed by atoms with Crippen molar-refractivity contribution in [1.29, 1.82) is 0 Å². The summed E-state index contributed by atoms with van der Waals surface area (Å²) in [7, 11) is 0. The van der Waals surface area contributed by atoms with Gasteiger partial charge < -0.3 is 4.90 Å². The molecule has 0 unspecified atom stereocenters. The molecule has 2 amide bonds. The van der Waals surface area contributed by atoms with E-state index in [-0.39, 0.29) is 30.0 Å². The van der Waals surface area contributed by atoms with Gasteiger partial charge in [0.05, 0.1) is 5.92 Å². The zero-order chi connectivity index (χ0) is 15.5. The molecule has 0 spiro atoms. The Morgan fingerprint density at radius 2 is 2.18 bits per heavy atom. The average molecular weight is 303 g/mol. The lowest BCUT2D eigenvalue weighted by Gasteiger charge is -2.16. The molecule has 0 bridgehead atoms. The molecule has 2 N–H and O–H groups in total. The van der Waals surface area contributed by atoms with Crippen LogP contribution in [0.3, 0.4) is 0 Å². The van der Waals surface area contributed by atoms with Gasteiger partial charge in [0.1, 0.15) is 12.1 Å². The van der Waals surface area contributed by atoms with Crippen molar-refractivity contribution in [2.45, 2.75) is 13.0 Å². The molecule has 2 aromatic rings. The monoisotopic (exact) mass is 303 g/mol. The van der Waals surface area contributed by atoms with Crippen LogP contribution in [0.15, 0.2) is 30.6 Å². The average Bonchev–Trinajstić information content (AvgIpc) is 3.12. The Hall–Kier alpha value is -2.77. The highest BCUT2D eigenvalue weighted by molar-refractivity contribution is 5.96. The minimum Gasteiger partial charge on any atom is -0.338 e. The van der Waals surface area contributed by atoms with E-state index in [1.54, 1.807) is 17.0 Å². The van der Waals surface area contributed by atoms with Gasteiger partial charge in [0, 0.05) is 19.5 Å². The van der Waals surface area contributed by atoms with Gasteiger partial charge >= 0.3 is 0 Å². The number of hydrogen-bond donors (Lipinski definition) is 2. The van der Waals surface area contributed by atoms with E-state index in [0.717, 1.165) is 5.56 Å². The summed E-state index contributed by atoms with van der Waals surface area (Å²) in [5.74, 6) is -0.859. The molecule has 1 aliphatic heterocycles. The summed E-state index contributed by atoms with van der Waals surface area (Å²) in [5, 5.41) is 8.75. The van der Waals surface area contributed by atoms with Crippen LogP contribution in [-0.4, -0.2) is 38.4 Å². The number of H-pyrrole nitrogens is 1. The quantitative estimate of drug-likeness (QED) is 0.879. The first-order valence-corrected chi connectivity index (χ1v) is 6.80. The summed E-state index contributed by atoms with van der Waals surface area (Å²) >= 11 is 0. The van der Waals surface area contributed by atoms with Gasteiger partial charge in [0.2, 0.25) is 17.8 Å². The van der Waals surface area contributed by atoms with Gasteiger partial charge in [-0.15, -0.1) is 0 Å². The van der Waals surface area contributed by atoms with Crippen molar-refractivity contribution in [1.82, 2.24) is 20.1 Å². The number of halogens is 1. The summed E-state index contributed by atoms with van der Waals surface area (Å²) in [4.78, 5) is 29.5. The third kappa shape index (κ3) is 3.11. The van der Waals surface area contributed by atoms with Crippen molar-refractivity contribution < 1.29 is 14.0 Å². The molecule has 22 heavy (non-hydrogen) atoms. The molecule has 1 saturated heterocycles. The standard InChI is InChI=1S/C14H14FN5O2/c15-11-3-1-9(2-4-11)6-20-7-10(5-12(20)21)13(22)18-14-16-8-17-19-14/h1-4,8,10H,5-7H2,(H2,16,17,18,19,22)/t10-/m1/s1. The van der Waals surface area contributed by atoms with Crippen LogP contribution in [0, 0.1) is 11.7 Å². The van der Waals surface area contributed by atoms with Crippen molar-refractivity contribution in [2.75, 3.05) is 11.9 Å². The van der Waals surface area contributed by atoms with Gasteiger partial charge in [-0.3, -0.25) is 14.9 Å². The number of aromatic nitrogens is 3. The molecule has 1 fully saturated rings. The van der Waals surface area contributed by atoms with Gasteiger partial charge in [-0.1, -0.05) is 12.1 Å². The molecule has 3 rings (SSSR count). The third-order valence-electron chi connectivity index (χ3n) is 3.53. The van der Waals surface area contributed by atoms with Gasteiger partial charge in [-0.05, 0) is 17.7 Å². The fraction of sp³-hybridized carbons (Fsp3) is 0.286.